The second kappa shape index (κ2) is 19.0. The first-order valence-electron chi connectivity index (χ1n) is 17.0. The summed E-state index contributed by atoms with van der Waals surface area (Å²) in [5.41, 5.74) is 5.84. The normalized spacial score (nSPS) is 15.7. The summed E-state index contributed by atoms with van der Waals surface area (Å²) >= 11 is 7.29. The van der Waals surface area contributed by atoms with Gasteiger partial charge in [-0.15, -0.1) is 11.6 Å². The first kappa shape index (κ1) is 39.0. The zero-order valence-corrected chi connectivity index (χ0v) is 29.8. The maximum Gasteiger partial charge on any atom is 0.312 e. The van der Waals surface area contributed by atoms with Crippen LogP contribution in [-0.2, 0) is 34.6 Å². The Bertz CT molecular complexity index is 1580. The molecule has 1 aromatic carbocycles. The monoisotopic (exact) mass is 741 g/mol. The number of imide groups is 1. The van der Waals surface area contributed by atoms with E-state index in [4.69, 9.17) is 17.3 Å². The summed E-state index contributed by atoms with van der Waals surface area (Å²) in [6.07, 6.45) is 6.07. The highest BCUT2D eigenvalue weighted by atomic mass is 35.5. The summed E-state index contributed by atoms with van der Waals surface area (Å²) in [6, 6.07) is 6.34. The number of nitrogens with zero attached hydrogens (tertiary/aromatic N) is 1. The maximum atomic E-state index is 13.9. The molecule has 1 aliphatic heterocycles. The summed E-state index contributed by atoms with van der Waals surface area (Å²) in [6.45, 7) is 0.888. The van der Waals surface area contributed by atoms with Crippen molar-refractivity contribution in [2.45, 2.75) is 75.8 Å². The van der Waals surface area contributed by atoms with E-state index in [0.29, 0.717) is 56.8 Å². The van der Waals surface area contributed by atoms with E-state index < -0.39 is 41.3 Å². The van der Waals surface area contributed by atoms with Crippen molar-refractivity contribution in [3.05, 3.63) is 64.4 Å². The van der Waals surface area contributed by atoms with Gasteiger partial charge in [0.25, 0.3) is 11.8 Å². The number of carbonyl (C=O) groups is 7. The van der Waals surface area contributed by atoms with Gasteiger partial charge in [0.15, 0.2) is 0 Å². The molecule has 0 unspecified atom stereocenters. The van der Waals surface area contributed by atoms with E-state index in [9.17, 15) is 33.6 Å². The molecule has 7 N–H and O–H groups in total. The third kappa shape index (κ3) is 11.1. The summed E-state index contributed by atoms with van der Waals surface area (Å²) in [5.74, 6) is -2.21. The Hall–Kier alpha value is -4.76. The van der Waals surface area contributed by atoms with E-state index in [0.717, 1.165) is 11.1 Å². The summed E-state index contributed by atoms with van der Waals surface area (Å²) in [4.78, 5) is 89.8. The summed E-state index contributed by atoms with van der Waals surface area (Å²) in [7, 11) is 0. The largest absolute Gasteiger partial charge is 0.356 e. The van der Waals surface area contributed by atoms with Gasteiger partial charge in [-0.25, -0.2) is 4.79 Å². The molecule has 2 aromatic rings. The number of primary amides is 1. The first-order valence-corrected chi connectivity index (χ1v) is 18.4. The first-order chi connectivity index (χ1) is 24.5. The van der Waals surface area contributed by atoms with Crippen LogP contribution in [0.1, 0.15) is 75.0 Å². The van der Waals surface area contributed by atoms with Gasteiger partial charge in [-0.05, 0) is 85.0 Å². The van der Waals surface area contributed by atoms with Crippen LogP contribution in [0.25, 0.3) is 0 Å². The molecule has 4 rings (SSSR count). The predicted molar refractivity (Wildman–Crippen MR) is 192 cm³/mol. The topological polar surface area (TPSA) is 209 Å². The number of amides is 8. The summed E-state index contributed by atoms with van der Waals surface area (Å²) < 4.78 is 0. The number of urea groups is 1. The number of benzene rings is 1. The molecule has 16 heteroatoms. The highest BCUT2D eigenvalue weighted by molar-refractivity contribution is 7.08. The molecule has 1 fully saturated rings. The van der Waals surface area contributed by atoms with Crippen molar-refractivity contribution in [3.8, 4) is 0 Å². The molecule has 51 heavy (non-hydrogen) atoms. The lowest BCUT2D eigenvalue weighted by molar-refractivity contribution is -0.151. The van der Waals surface area contributed by atoms with E-state index >= 15 is 0 Å². The molecule has 0 radical (unpaired) electrons. The van der Waals surface area contributed by atoms with Gasteiger partial charge in [0, 0.05) is 43.4 Å². The highest BCUT2D eigenvalue weighted by Gasteiger charge is 2.52. The van der Waals surface area contributed by atoms with Crippen LogP contribution in [0.5, 0.6) is 0 Å². The number of alkyl halides is 1. The van der Waals surface area contributed by atoms with Gasteiger partial charge >= 0.3 is 6.03 Å². The lowest BCUT2D eigenvalue weighted by atomic mass is 9.67. The predicted octanol–water partition coefficient (Wildman–Crippen LogP) is 2.99. The molecule has 0 spiro atoms. The molecule has 1 aromatic heterocycles. The number of hydrogen-bond acceptors (Lipinski definition) is 8. The minimum atomic E-state index is -1.43. The van der Waals surface area contributed by atoms with Crippen LogP contribution in [0.4, 0.5) is 10.5 Å². The van der Waals surface area contributed by atoms with E-state index in [2.05, 4.69) is 26.6 Å². The lowest BCUT2D eigenvalue weighted by Crippen LogP contribution is -2.59. The third-order valence-corrected chi connectivity index (χ3v) is 9.97. The second-order valence-corrected chi connectivity index (χ2v) is 13.6. The SMILES string of the molecule is NC(=O)NCCC[C@H](NC(=O)C1(C(=O)N[C@H](CC(=O)NCCCCCN2C(=O)C=CC2=O)c2ccsc2)CCC1)C(=O)Nc1ccc(CCl)cc1. The Labute approximate surface area is 305 Å². The average molecular weight is 742 g/mol. The van der Waals surface area contributed by atoms with Gasteiger partial charge in [-0.3, -0.25) is 33.7 Å². The average Bonchev–Trinajstić information content (AvgIpc) is 3.73. The molecule has 2 heterocycles. The standard InChI is InChI=1S/C35H44ClN7O7S/c36-21-23-7-9-25(10-8-23)40-31(47)26(6-4-17-39-34(37)50)41-32(48)35(14-5-15-35)33(49)42-27(24-13-19-51-22-24)20-28(44)38-16-2-1-3-18-43-29(45)11-12-30(43)46/h7-13,19,22,26-27H,1-6,14-18,20-21H2,(H,38,44)(H,40,47)(H,41,48)(H,42,49)(H3,37,39,50)/t26-,27+/m0/s1. The lowest BCUT2D eigenvalue weighted by Gasteiger charge is -2.40. The van der Waals surface area contributed by atoms with Crippen molar-refractivity contribution >= 4 is 70.1 Å². The van der Waals surface area contributed by atoms with Crippen molar-refractivity contribution in [3.63, 3.8) is 0 Å². The Kier molecular flexibility index (Phi) is 14.6. The van der Waals surface area contributed by atoms with Gasteiger partial charge in [0.2, 0.25) is 23.6 Å². The number of thiophene rings is 1. The minimum Gasteiger partial charge on any atom is -0.356 e. The van der Waals surface area contributed by atoms with Crippen LogP contribution in [0.15, 0.2) is 53.2 Å². The number of carbonyl (C=O) groups excluding carboxylic acids is 7. The highest BCUT2D eigenvalue weighted by Crippen LogP contribution is 2.42. The van der Waals surface area contributed by atoms with Gasteiger partial charge in [0.1, 0.15) is 11.5 Å². The van der Waals surface area contributed by atoms with Crippen LogP contribution in [0.2, 0.25) is 0 Å². The molecule has 1 saturated carbocycles. The number of halogens is 1. The van der Waals surface area contributed by atoms with Crippen LogP contribution in [0, 0.1) is 5.41 Å². The minimum absolute atomic E-state index is 0.0526. The smallest absolute Gasteiger partial charge is 0.312 e. The third-order valence-electron chi connectivity index (χ3n) is 8.96. The Balaban J connectivity index is 1.34. The zero-order valence-electron chi connectivity index (χ0n) is 28.2. The second-order valence-electron chi connectivity index (χ2n) is 12.6. The fraction of sp³-hybridized carbons (Fsp3) is 0.457. The zero-order chi connectivity index (χ0) is 36.8. The molecule has 2 atom stereocenters. The van der Waals surface area contributed by atoms with Crippen molar-refractivity contribution in [2.75, 3.05) is 25.0 Å². The Morgan fingerprint density at radius 1 is 0.882 bits per heavy atom. The Morgan fingerprint density at radius 3 is 2.18 bits per heavy atom. The number of rotatable bonds is 20. The molecule has 1 aliphatic carbocycles. The summed E-state index contributed by atoms with van der Waals surface area (Å²) in [5, 5.41) is 17.5. The maximum absolute atomic E-state index is 13.9. The van der Waals surface area contributed by atoms with E-state index in [1.165, 1.54) is 28.4 Å². The fourth-order valence-electron chi connectivity index (χ4n) is 5.81. The van der Waals surface area contributed by atoms with E-state index in [-0.39, 0.29) is 49.9 Å². The molecular weight excluding hydrogens is 698 g/mol. The molecule has 274 valence electrons. The molecular formula is C35H44ClN7O7S. The van der Waals surface area contributed by atoms with Crippen molar-refractivity contribution < 1.29 is 33.6 Å². The number of nitrogens with two attached hydrogens (primary N) is 1. The van der Waals surface area contributed by atoms with Crippen LogP contribution < -0.4 is 32.3 Å². The number of anilines is 1. The number of unbranched alkanes of at least 4 members (excludes halogenated alkanes) is 2. The van der Waals surface area contributed by atoms with Gasteiger partial charge in [-0.2, -0.15) is 11.3 Å². The van der Waals surface area contributed by atoms with E-state index in [1.807, 2.05) is 16.8 Å². The Morgan fingerprint density at radius 2 is 1.57 bits per heavy atom. The van der Waals surface area contributed by atoms with Crippen LogP contribution in [-0.4, -0.2) is 72.1 Å². The van der Waals surface area contributed by atoms with Gasteiger partial charge in [0.05, 0.1) is 12.5 Å². The van der Waals surface area contributed by atoms with Crippen LogP contribution >= 0.6 is 22.9 Å². The van der Waals surface area contributed by atoms with E-state index in [1.54, 1.807) is 24.3 Å². The van der Waals surface area contributed by atoms with Crippen molar-refractivity contribution in [1.29, 1.82) is 0 Å². The molecule has 0 saturated heterocycles. The quantitative estimate of drug-likeness (QED) is 0.0517. The van der Waals surface area contributed by atoms with Crippen molar-refractivity contribution in [2.24, 2.45) is 11.1 Å². The van der Waals surface area contributed by atoms with Gasteiger partial charge < -0.3 is 32.3 Å². The van der Waals surface area contributed by atoms with Crippen LogP contribution in [0.3, 0.4) is 0 Å². The molecule has 8 amide bonds. The molecule has 2 aliphatic rings. The fourth-order valence-corrected chi connectivity index (χ4v) is 6.70. The van der Waals surface area contributed by atoms with Crippen molar-refractivity contribution in [1.82, 2.24) is 26.2 Å². The van der Waals surface area contributed by atoms with Gasteiger partial charge in [-0.1, -0.05) is 18.6 Å². The number of nitrogens with one attached hydrogen (secondary N) is 5. The molecule has 0 bridgehead atoms. The molecule has 14 nitrogen and oxygen atoms in total. The number of hydrogen-bond donors (Lipinski definition) is 6.